The molecule has 6 rings (SSSR count). The highest BCUT2D eigenvalue weighted by Crippen LogP contribution is 2.44. The molecule has 0 radical (unpaired) electrons. The van der Waals surface area contributed by atoms with Crippen LogP contribution in [0.1, 0.15) is 97.7 Å². The summed E-state index contributed by atoms with van der Waals surface area (Å²) in [5, 5.41) is 25.6. The zero-order chi connectivity index (χ0) is 34.7. The van der Waals surface area contributed by atoms with Crippen molar-refractivity contribution in [1.82, 2.24) is 4.90 Å². The molecule has 4 N–H and O–H groups in total. The van der Waals surface area contributed by atoms with Gasteiger partial charge < -0.3 is 20.8 Å². The third kappa shape index (κ3) is 7.60. The van der Waals surface area contributed by atoms with E-state index >= 15 is 0 Å². The fourth-order valence-electron chi connectivity index (χ4n) is 6.70. The maximum Gasteiger partial charge on any atom is 0.335 e. The lowest BCUT2D eigenvalue weighted by atomic mass is 9.95. The third-order valence-corrected chi connectivity index (χ3v) is 10.8. The second kappa shape index (κ2) is 14.4. The van der Waals surface area contributed by atoms with Gasteiger partial charge >= 0.3 is 11.9 Å². The number of carbonyl (C=O) groups excluding carboxylic acids is 2. The SMILES string of the molecule is CC(C)N(Cc1cccc(C(=O)Nc2sc3c(c2C(=O)Nc2ccc(CCc4ccc(C(=O)O)cc4)cc2)CCCC3)c1)C1(C(=O)O)CC1. The van der Waals surface area contributed by atoms with E-state index in [1.54, 1.807) is 18.2 Å². The molecule has 0 aliphatic heterocycles. The molecule has 4 aromatic rings. The van der Waals surface area contributed by atoms with Crippen molar-refractivity contribution < 1.29 is 29.4 Å². The molecule has 1 fully saturated rings. The standard InChI is InChI=1S/C39H41N3O6S/c1-24(2)42(39(20-21-39)38(47)48)23-27-6-5-7-29(22-27)34(43)41-36-33(31-8-3-4-9-32(31)49-36)35(44)40-30-18-14-26(15-19-30)11-10-25-12-16-28(17-13-25)37(45)46/h5-7,12-19,22,24H,3-4,8-11,20-21,23H2,1-2H3,(H,40,44)(H,41,43)(H,45,46)(H,47,48). The highest BCUT2D eigenvalue weighted by atomic mass is 32.1. The Labute approximate surface area is 290 Å². The number of hydrogen-bond donors (Lipinski definition) is 4. The molecule has 0 saturated heterocycles. The molecule has 0 unspecified atom stereocenters. The monoisotopic (exact) mass is 679 g/mol. The number of anilines is 2. The van der Waals surface area contributed by atoms with Gasteiger partial charge in [-0.2, -0.15) is 0 Å². The van der Waals surface area contributed by atoms with Gasteiger partial charge in [-0.3, -0.25) is 19.3 Å². The first kappa shape index (κ1) is 34.1. The predicted molar refractivity (Wildman–Crippen MR) is 191 cm³/mol. The Balaban J connectivity index is 1.14. The molecular formula is C39H41N3O6S. The van der Waals surface area contributed by atoms with Crippen LogP contribution in [0.4, 0.5) is 10.7 Å². The Morgan fingerprint density at radius 1 is 0.796 bits per heavy atom. The van der Waals surface area contributed by atoms with Gasteiger partial charge in [0.05, 0.1) is 11.1 Å². The number of aryl methyl sites for hydroxylation is 3. The normalized spacial score (nSPS) is 14.7. The number of fused-ring (bicyclic) bond motifs is 1. The number of carboxylic acid groups (broad SMARTS) is 2. The molecule has 2 amide bonds. The number of aliphatic carboxylic acids is 1. The van der Waals surface area contributed by atoms with Crippen molar-refractivity contribution in [3.8, 4) is 0 Å². The van der Waals surface area contributed by atoms with E-state index in [0.717, 1.165) is 65.7 Å². The first-order chi connectivity index (χ1) is 23.5. The third-order valence-electron chi connectivity index (χ3n) is 9.58. The average Bonchev–Trinajstić information content (AvgIpc) is 3.82. The maximum atomic E-state index is 13.8. The molecular weight excluding hydrogens is 639 g/mol. The van der Waals surface area contributed by atoms with E-state index in [4.69, 9.17) is 5.11 Å². The molecule has 49 heavy (non-hydrogen) atoms. The fourth-order valence-corrected chi connectivity index (χ4v) is 7.98. The molecule has 2 aliphatic rings. The quantitative estimate of drug-likeness (QED) is 0.115. The topological polar surface area (TPSA) is 136 Å². The Kier molecular flexibility index (Phi) is 9.99. The lowest BCUT2D eigenvalue weighted by Crippen LogP contribution is -2.46. The van der Waals surface area contributed by atoms with Crippen molar-refractivity contribution in [3.63, 3.8) is 0 Å². The lowest BCUT2D eigenvalue weighted by molar-refractivity contribution is -0.146. The number of aromatic carboxylic acids is 1. The van der Waals surface area contributed by atoms with Crippen LogP contribution in [0.5, 0.6) is 0 Å². The van der Waals surface area contributed by atoms with Crippen LogP contribution in [0.25, 0.3) is 0 Å². The summed E-state index contributed by atoms with van der Waals surface area (Å²) in [6.45, 7) is 4.41. The molecule has 1 heterocycles. The van der Waals surface area contributed by atoms with E-state index < -0.39 is 17.5 Å². The van der Waals surface area contributed by atoms with Gasteiger partial charge in [-0.25, -0.2) is 4.79 Å². The summed E-state index contributed by atoms with van der Waals surface area (Å²) >= 11 is 1.47. The number of carboxylic acids is 2. The van der Waals surface area contributed by atoms with Gasteiger partial charge in [0, 0.05) is 28.7 Å². The Morgan fingerprint density at radius 3 is 2.06 bits per heavy atom. The minimum Gasteiger partial charge on any atom is -0.480 e. The zero-order valence-corrected chi connectivity index (χ0v) is 28.6. The Bertz CT molecular complexity index is 1880. The van der Waals surface area contributed by atoms with Crippen LogP contribution in [0.3, 0.4) is 0 Å². The second-order valence-corrected chi connectivity index (χ2v) is 14.4. The number of thiophene rings is 1. The van der Waals surface area contributed by atoms with Gasteiger partial charge in [0.25, 0.3) is 11.8 Å². The minimum absolute atomic E-state index is 0.0239. The van der Waals surface area contributed by atoms with E-state index in [0.29, 0.717) is 41.2 Å². The summed E-state index contributed by atoms with van der Waals surface area (Å²) in [6.07, 6.45) is 6.44. The van der Waals surface area contributed by atoms with E-state index in [2.05, 4.69) is 10.6 Å². The maximum absolute atomic E-state index is 13.8. The number of rotatable bonds is 13. The molecule has 9 nitrogen and oxygen atoms in total. The molecule has 0 bridgehead atoms. The highest BCUT2D eigenvalue weighted by molar-refractivity contribution is 7.17. The fraction of sp³-hybridized carbons (Fsp3) is 0.333. The number of benzene rings is 3. The van der Waals surface area contributed by atoms with Crippen LogP contribution in [-0.2, 0) is 37.0 Å². The van der Waals surface area contributed by atoms with Gasteiger partial charge in [0.15, 0.2) is 0 Å². The van der Waals surface area contributed by atoms with Crippen LogP contribution in [-0.4, -0.2) is 50.4 Å². The van der Waals surface area contributed by atoms with E-state index in [-0.39, 0.29) is 23.4 Å². The van der Waals surface area contributed by atoms with Gasteiger partial charge in [-0.15, -0.1) is 11.3 Å². The van der Waals surface area contributed by atoms with Crippen LogP contribution in [0.15, 0.2) is 72.8 Å². The van der Waals surface area contributed by atoms with Crippen LogP contribution in [0.2, 0.25) is 0 Å². The number of amides is 2. The van der Waals surface area contributed by atoms with Crippen molar-refractivity contribution in [1.29, 1.82) is 0 Å². The van der Waals surface area contributed by atoms with Crippen molar-refractivity contribution in [3.05, 3.63) is 117 Å². The Hall–Kier alpha value is -4.80. The van der Waals surface area contributed by atoms with Crippen LogP contribution >= 0.6 is 11.3 Å². The van der Waals surface area contributed by atoms with Crippen molar-refractivity contribution >= 4 is 45.8 Å². The smallest absolute Gasteiger partial charge is 0.335 e. The van der Waals surface area contributed by atoms with E-state index in [9.17, 15) is 24.3 Å². The summed E-state index contributed by atoms with van der Waals surface area (Å²) in [6, 6.07) is 21.9. The summed E-state index contributed by atoms with van der Waals surface area (Å²) in [4.78, 5) is 53.7. The van der Waals surface area contributed by atoms with Crippen molar-refractivity contribution in [2.45, 2.75) is 83.3 Å². The zero-order valence-electron chi connectivity index (χ0n) is 27.8. The number of nitrogens with zero attached hydrogens (tertiary/aromatic N) is 1. The van der Waals surface area contributed by atoms with Gasteiger partial charge in [-0.05, 0) is 124 Å². The molecule has 0 spiro atoms. The first-order valence-corrected chi connectivity index (χ1v) is 17.6. The molecule has 3 aromatic carbocycles. The van der Waals surface area contributed by atoms with E-state index in [1.807, 2.05) is 73.3 Å². The second-order valence-electron chi connectivity index (χ2n) is 13.3. The largest absolute Gasteiger partial charge is 0.480 e. The molecule has 1 saturated carbocycles. The molecule has 1 aromatic heterocycles. The molecule has 10 heteroatoms. The number of hydrogen-bond acceptors (Lipinski definition) is 6. The summed E-state index contributed by atoms with van der Waals surface area (Å²) in [7, 11) is 0. The lowest BCUT2D eigenvalue weighted by Gasteiger charge is -2.32. The highest BCUT2D eigenvalue weighted by Gasteiger charge is 2.55. The molecule has 254 valence electrons. The number of carbonyl (C=O) groups is 4. The Morgan fingerprint density at radius 2 is 1.45 bits per heavy atom. The van der Waals surface area contributed by atoms with Gasteiger partial charge in [-0.1, -0.05) is 36.4 Å². The van der Waals surface area contributed by atoms with Crippen LogP contribution in [0, 0.1) is 0 Å². The summed E-state index contributed by atoms with van der Waals surface area (Å²) in [5.41, 5.74) is 5.04. The average molecular weight is 680 g/mol. The van der Waals surface area contributed by atoms with Crippen molar-refractivity contribution in [2.24, 2.45) is 0 Å². The predicted octanol–water partition coefficient (Wildman–Crippen LogP) is 7.44. The summed E-state index contributed by atoms with van der Waals surface area (Å²) in [5.74, 6) is -2.32. The van der Waals surface area contributed by atoms with Crippen LogP contribution < -0.4 is 10.6 Å². The molecule has 0 atom stereocenters. The summed E-state index contributed by atoms with van der Waals surface area (Å²) < 4.78 is 0. The van der Waals surface area contributed by atoms with E-state index in [1.165, 1.54) is 11.3 Å². The first-order valence-electron chi connectivity index (χ1n) is 16.8. The minimum atomic E-state index is -0.942. The van der Waals surface area contributed by atoms with Gasteiger partial charge in [0.1, 0.15) is 10.5 Å². The number of nitrogens with one attached hydrogen (secondary N) is 2. The van der Waals surface area contributed by atoms with Gasteiger partial charge in [0.2, 0.25) is 0 Å². The molecule has 2 aliphatic carbocycles. The van der Waals surface area contributed by atoms with Crippen molar-refractivity contribution in [2.75, 3.05) is 10.6 Å².